The van der Waals surface area contributed by atoms with Crippen molar-refractivity contribution in [1.82, 2.24) is 10.4 Å². The zero-order valence-corrected chi connectivity index (χ0v) is 23.7. The highest BCUT2D eigenvalue weighted by atomic mass is 16.6. The number of rotatable bonds is 11. The molecule has 6 unspecified atom stereocenters. The van der Waals surface area contributed by atoms with E-state index in [0.717, 1.165) is 31.6 Å². The summed E-state index contributed by atoms with van der Waals surface area (Å²) in [5.41, 5.74) is 2.23. The number of hydrogen-bond acceptors (Lipinski definition) is 5. The van der Waals surface area contributed by atoms with Crippen molar-refractivity contribution < 1.29 is 29.4 Å². The van der Waals surface area contributed by atoms with E-state index in [4.69, 9.17) is 4.84 Å². The molecule has 1 aliphatic heterocycles. The molecule has 1 amide bonds. The fraction of sp³-hybridized carbons (Fsp3) is 0.903. The lowest BCUT2D eigenvalue weighted by molar-refractivity contribution is -0.148. The Labute approximate surface area is 233 Å². The summed E-state index contributed by atoms with van der Waals surface area (Å²) in [6.07, 6.45) is 18.4. The maximum atomic E-state index is 13.1. The average Bonchev–Trinajstić information content (AvgIpc) is 3.50. The molecule has 0 aromatic heterocycles. The van der Waals surface area contributed by atoms with Gasteiger partial charge in [-0.3, -0.25) is 14.4 Å². The highest BCUT2D eigenvalue weighted by Crippen LogP contribution is 2.54. The van der Waals surface area contributed by atoms with Crippen LogP contribution >= 0.6 is 0 Å². The number of aliphatic carboxylic acids is 2. The van der Waals surface area contributed by atoms with Crippen LogP contribution in [0.25, 0.3) is 0 Å². The van der Waals surface area contributed by atoms with Crippen molar-refractivity contribution in [1.29, 1.82) is 0 Å². The Balaban J connectivity index is 1.07. The fourth-order valence-electron chi connectivity index (χ4n) is 9.15. The molecule has 1 spiro atoms. The number of nitrogens with zero attached hydrogens (tertiary/aromatic N) is 1. The first-order chi connectivity index (χ1) is 18.9. The van der Waals surface area contributed by atoms with E-state index < -0.39 is 23.4 Å². The summed E-state index contributed by atoms with van der Waals surface area (Å²) in [5, 5.41) is 19.7. The first kappa shape index (κ1) is 28.8. The maximum absolute atomic E-state index is 13.1. The molecule has 1 heterocycles. The van der Waals surface area contributed by atoms with Gasteiger partial charge in [-0.25, -0.2) is 5.48 Å². The van der Waals surface area contributed by atoms with E-state index in [1.54, 1.807) is 0 Å². The van der Waals surface area contributed by atoms with Crippen LogP contribution in [0.1, 0.15) is 109 Å². The lowest BCUT2D eigenvalue weighted by Crippen LogP contribution is -2.43. The van der Waals surface area contributed by atoms with Crippen LogP contribution in [0, 0.1) is 41.4 Å². The van der Waals surface area contributed by atoms with Gasteiger partial charge in [-0.2, -0.15) is 0 Å². The molecule has 1 saturated heterocycles. The minimum absolute atomic E-state index is 0.0246. The van der Waals surface area contributed by atoms with Crippen LogP contribution in [-0.4, -0.2) is 58.2 Å². The highest BCUT2D eigenvalue weighted by molar-refractivity contribution is 6.06. The zero-order chi connectivity index (χ0) is 27.4. The smallest absolute Gasteiger partial charge is 0.309 e. The number of carboxylic acids is 2. The summed E-state index contributed by atoms with van der Waals surface area (Å²) in [4.78, 5) is 44.7. The number of hydrogen-bond donors (Lipinski definition) is 3. The largest absolute Gasteiger partial charge is 0.481 e. The van der Waals surface area contributed by atoms with Gasteiger partial charge in [0.1, 0.15) is 5.54 Å². The van der Waals surface area contributed by atoms with Crippen molar-refractivity contribution in [2.24, 2.45) is 41.4 Å². The Morgan fingerprint density at radius 3 is 2.10 bits per heavy atom. The predicted molar refractivity (Wildman–Crippen MR) is 147 cm³/mol. The predicted octanol–water partition coefficient (Wildman–Crippen LogP) is 5.26. The summed E-state index contributed by atoms with van der Waals surface area (Å²) < 4.78 is 0. The number of hydroxylamine groups is 1. The van der Waals surface area contributed by atoms with Gasteiger partial charge in [0.15, 0.2) is 0 Å². The molecule has 8 heteroatoms. The van der Waals surface area contributed by atoms with Crippen molar-refractivity contribution in [3.63, 3.8) is 0 Å². The number of nitrogens with one attached hydrogen (secondary N) is 1. The minimum Gasteiger partial charge on any atom is -0.481 e. The Bertz CT molecular complexity index is 869. The van der Waals surface area contributed by atoms with Crippen LogP contribution in [0.3, 0.4) is 0 Å². The van der Waals surface area contributed by atoms with Crippen molar-refractivity contribution in [3.05, 3.63) is 0 Å². The first-order valence-electron chi connectivity index (χ1n) is 16.0. The van der Waals surface area contributed by atoms with E-state index in [9.17, 15) is 24.6 Å². The van der Waals surface area contributed by atoms with Gasteiger partial charge in [-0.05, 0) is 74.5 Å². The van der Waals surface area contributed by atoms with Crippen LogP contribution in [0.4, 0.5) is 0 Å². The Morgan fingerprint density at radius 1 is 0.821 bits per heavy atom. The van der Waals surface area contributed by atoms with Crippen LogP contribution in [0.5, 0.6) is 0 Å². The average molecular weight is 547 g/mol. The summed E-state index contributed by atoms with van der Waals surface area (Å²) >= 11 is 0. The number of amides is 1. The topological polar surface area (TPSA) is 116 Å². The van der Waals surface area contributed by atoms with Crippen LogP contribution in [-0.2, 0) is 19.2 Å². The van der Waals surface area contributed by atoms with Crippen molar-refractivity contribution in [2.75, 3.05) is 19.7 Å². The molecule has 220 valence electrons. The third kappa shape index (κ3) is 6.32. The summed E-state index contributed by atoms with van der Waals surface area (Å²) in [5.74, 6) is 0.0599. The monoisotopic (exact) mass is 546 g/mol. The second kappa shape index (κ2) is 12.9. The van der Waals surface area contributed by atoms with E-state index in [2.05, 4.69) is 5.48 Å². The molecule has 3 N–H and O–H groups in total. The quantitative estimate of drug-likeness (QED) is 0.184. The molecule has 6 atom stereocenters. The van der Waals surface area contributed by atoms with E-state index in [1.807, 2.05) is 4.90 Å². The zero-order valence-electron chi connectivity index (χ0n) is 23.7. The molecule has 5 fully saturated rings. The third-order valence-corrected chi connectivity index (χ3v) is 11.4. The van der Waals surface area contributed by atoms with E-state index >= 15 is 0 Å². The highest BCUT2D eigenvalue weighted by Gasteiger charge is 2.70. The Hall–Kier alpha value is -1.67. The normalized spacial score (nSPS) is 36.3. The third-order valence-electron chi connectivity index (χ3n) is 11.4. The van der Waals surface area contributed by atoms with Gasteiger partial charge in [0.25, 0.3) is 0 Å². The lowest BCUT2D eigenvalue weighted by Gasteiger charge is -2.39. The van der Waals surface area contributed by atoms with Gasteiger partial charge in [-0.15, -0.1) is 0 Å². The molecule has 0 radical (unpaired) electrons. The number of carbonyl (C=O) groups excluding carboxylic acids is 1. The van der Waals surface area contributed by atoms with Crippen LogP contribution in [0.2, 0.25) is 0 Å². The Kier molecular flexibility index (Phi) is 9.53. The van der Waals surface area contributed by atoms with E-state index in [1.165, 1.54) is 64.2 Å². The van der Waals surface area contributed by atoms with Gasteiger partial charge in [0, 0.05) is 13.1 Å². The molecule has 8 nitrogen and oxygen atoms in total. The van der Waals surface area contributed by atoms with Crippen LogP contribution < -0.4 is 5.48 Å². The lowest BCUT2D eigenvalue weighted by atomic mass is 9.66. The van der Waals surface area contributed by atoms with Crippen LogP contribution in [0.15, 0.2) is 0 Å². The van der Waals surface area contributed by atoms with Crippen molar-refractivity contribution in [2.45, 2.75) is 115 Å². The summed E-state index contributed by atoms with van der Waals surface area (Å²) in [6, 6.07) is 0. The number of carboxylic acid groups (broad SMARTS) is 2. The Morgan fingerprint density at radius 2 is 1.46 bits per heavy atom. The van der Waals surface area contributed by atoms with Gasteiger partial charge in [-0.1, -0.05) is 64.2 Å². The second-order valence-electron chi connectivity index (χ2n) is 13.4. The SMILES string of the molecule is O=C(O)C1CCC(C2CCCCC2)CC1CONCCCN1C(=O)C12CC(C1CCCCC1)CCC2C(=O)O. The molecule has 4 aliphatic carbocycles. The molecule has 0 aromatic carbocycles. The van der Waals surface area contributed by atoms with Crippen molar-refractivity contribution >= 4 is 17.8 Å². The second-order valence-corrected chi connectivity index (χ2v) is 13.4. The van der Waals surface area contributed by atoms with Crippen molar-refractivity contribution in [3.8, 4) is 0 Å². The maximum Gasteiger partial charge on any atom is 0.309 e. The summed E-state index contributed by atoms with van der Waals surface area (Å²) in [7, 11) is 0. The van der Waals surface area contributed by atoms with Gasteiger partial charge < -0.3 is 20.0 Å². The molecule has 5 rings (SSSR count). The van der Waals surface area contributed by atoms with E-state index in [-0.39, 0.29) is 17.7 Å². The van der Waals surface area contributed by atoms with E-state index in [0.29, 0.717) is 56.7 Å². The molecule has 39 heavy (non-hydrogen) atoms. The molecular formula is C31H50N2O6. The molecule has 0 aromatic rings. The van der Waals surface area contributed by atoms with Gasteiger partial charge in [0.05, 0.1) is 18.4 Å². The molecule has 5 aliphatic rings. The summed E-state index contributed by atoms with van der Waals surface area (Å²) in [6.45, 7) is 1.50. The molecule has 4 saturated carbocycles. The standard InChI is InChI=1S/C31H50N2O6/c34-28(35)26-14-12-23(21-8-3-1-4-9-21)18-25(26)20-39-32-16-7-17-33-30(38)31(33)19-24(13-15-27(31)29(36)37)22-10-5-2-6-11-22/h21-27,32H,1-20H2,(H,34,35)(H,36,37). The molecule has 0 bridgehead atoms. The fourth-order valence-corrected chi connectivity index (χ4v) is 9.15. The minimum atomic E-state index is -0.832. The van der Waals surface area contributed by atoms with Gasteiger partial charge in [0.2, 0.25) is 5.91 Å². The number of carbonyl (C=O) groups is 3. The first-order valence-corrected chi connectivity index (χ1v) is 16.0. The van der Waals surface area contributed by atoms with Gasteiger partial charge >= 0.3 is 11.9 Å². The molecular weight excluding hydrogens is 496 g/mol.